The molecule has 37 heavy (non-hydrogen) atoms. The van der Waals surface area contributed by atoms with Crippen molar-refractivity contribution in [2.75, 3.05) is 0 Å². The van der Waals surface area contributed by atoms with Crippen LogP contribution in [0.4, 0.5) is 0 Å². The molecule has 192 valence electrons. The molecule has 4 aromatic carbocycles. The molecule has 0 saturated heterocycles. The Bertz CT molecular complexity index is 1250. The van der Waals surface area contributed by atoms with Gasteiger partial charge < -0.3 is 20.4 Å². The standard InChI is InChI=1S/C33H36O4/c1-20-15-24(7-11-28(20)34)32(5,25-8-12-29(35)21(2)16-25)19-33(6,26-9-13-30(36)22(3)17-26)27-10-14-31(37)23(4)18-27/h7-18,34-37H,19H2,1-6H3. The highest BCUT2D eigenvalue weighted by Gasteiger charge is 2.41. The number of aryl methyl sites for hydroxylation is 4. The Labute approximate surface area is 219 Å². The van der Waals surface area contributed by atoms with Gasteiger partial charge in [-0.15, -0.1) is 0 Å². The summed E-state index contributed by atoms with van der Waals surface area (Å²) in [5, 5.41) is 41.1. The van der Waals surface area contributed by atoms with Crippen molar-refractivity contribution >= 4 is 0 Å². The summed E-state index contributed by atoms with van der Waals surface area (Å²) in [7, 11) is 0. The number of hydrogen-bond donors (Lipinski definition) is 4. The van der Waals surface area contributed by atoms with Crippen LogP contribution in [0.25, 0.3) is 0 Å². The molecule has 0 aliphatic rings. The smallest absolute Gasteiger partial charge is 0.118 e. The summed E-state index contributed by atoms with van der Waals surface area (Å²) in [6, 6.07) is 22.9. The van der Waals surface area contributed by atoms with Crippen molar-refractivity contribution in [3.8, 4) is 23.0 Å². The molecule has 0 amide bonds. The van der Waals surface area contributed by atoms with Crippen LogP contribution in [0.1, 0.15) is 64.8 Å². The van der Waals surface area contributed by atoms with E-state index in [0.29, 0.717) is 6.42 Å². The Kier molecular flexibility index (Phi) is 6.72. The molecule has 0 atom stereocenters. The van der Waals surface area contributed by atoms with Crippen LogP contribution in [-0.2, 0) is 10.8 Å². The van der Waals surface area contributed by atoms with Crippen LogP contribution < -0.4 is 0 Å². The van der Waals surface area contributed by atoms with E-state index in [1.54, 1.807) is 24.3 Å². The minimum atomic E-state index is -0.525. The number of hydrogen-bond acceptors (Lipinski definition) is 4. The Morgan fingerprint density at radius 2 is 0.649 bits per heavy atom. The van der Waals surface area contributed by atoms with E-state index in [9.17, 15) is 20.4 Å². The summed E-state index contributed by atoms with van der Waals surface area (Å²) in [5.74, 6) is 0.997. The third-order valence-electron chi connectivity index (χ3n) is 8.04. The van der Waals surface area contributed by atoms with Gasteiger partial charge in [0.2, 0.25) is 0 Å². The van der Waals surface area contributed by atoms with E-state index in [1.165, 1.54) is 0 Å². The highest BCUT2D eigenvalue weighted by atomic mass is 16.3. The Hall–Kier alpha value is -3.92. The van der Waals surface area contributed by atoms with E-state index < -0.39 is 10.8 Å². The topological polar surface area (TPSA) is 80.9 Å². The normalized spacial score (nSPS) is 12.1. The number of phenols is 4. The predicted molar refractivity (Wildman–Crippen MR) is 149 cm³/mol. The number of benzene rings is 4. The minimum absolute atomic E-state index is 0.249. The second kappa shape index (κ2) is 9.51. The van der Waals surface area contributed by atoms with Gasteiger partial charge in [-0.25, -0.2) is 0 Å². The molecular weight excluding hydrogens is 460 g/mol. The molecule has 4 aromatic rings. The SMILES string of the molecule is Cc1cc(C(C)(CC(C)(c2ccc(O)c(C)c2)c2ccc(O)c(C)c2)c2ccc(O)c(C)c2)ccc1O. The average Bonchev–Trinajstić information content (AvgIpc) is 2.85. The number of phenolic OH excluding ortho intramolecular Hbond substituents is 4. The lowest BCUT2D eigenvalue weighted by Gasteiger charge is -2.42. The van der Waals surface area contributed by atoms with E-state index in [-0.39, 0.29) is 23.0 Å². The zero-order valence-electron chi connectivity index (χ0n) is 22.4. The monoisotopic (exact) mass is 496 g/mol. The van der Waals surface area contributed by atoms with Gasteiger partial charge in [0.15, 0.2) is 0 Å². The summed E-state index contributed by atoms with van der Waals surface area (Å²) < 4.78 is 0. The molecule has 0 unspecified atom stereocenters. The van der Waals surface area contributed by atoms with Gasteiger partial charge in [0.05, 0.1) is 0 Å². The van der Waals surface area contributed by atoms with E-state index in [4.69, 9.17) is 0 Å². The van der Waals surface area contributed by atoms with Gasteiger partial charge in [-0.1, -0.05) is 62.4 Å². The third-order valence-corrected chi connectivity index (χ3v) is 8.04. The molecule has 4 N–H and O–H groups in total. The number of aromatic hydroxyl groups is 4. The van der Waals surface area contributed by atoms with Gasteiger partial charge in [0.1, 0.15) is 23.0 Å². The highest BCUT2D eigenvalue weighted by molar-refractivity contribution is 5.52. The Morgan fingerprint density at radius 1 is 0.432 bits per heavy atom. The number of rotatable bonds is 6. The molecule has 0 heterocycles. The Balaban J connectivity index is 2.01. The largest absolute Gasteiger partial charge is 0.508 e. The van der Waals surface area contributed by atoms with Crippen LogP contribution >= 0.6 is 0 Å². The van der Waals surface area contributed by atoms with Crippen molar-refractivity contribution in [3.05, 3.63) is 117 Å². The lowest BCUT2D eigenvalue weighted by atomic mass is 9.61. The van der Waals surface area contributed by atoms with E-state index >= 15 is 0 Å². The quantitative estimate of drug-likeness (QED) is 0.224. The first-order chi connectivity index (χ1) is 17.3. The molecule has 0 fully saturated rings. The van der Waals surface area contributed by atoms with Gasteiger partial charge >= 0.3 is 0 Å². The average molecular weight is 497 g/mol. The molecule has 0 bridgehead atoms. The van der Waals surface area contributed by atoms with Crippen molar-refractivity contribution in [1.29, 1.82) is 0 Å². The first kappa shape index (κ1) is 26.2. The second-order valence-corrected chi connectivity index (χ2v) is 10.8. The van der Waals surface area contributed by atoms with Crippen molar-refractivity contribution in [3.63, 3.8) is 0 Å². The molecule has 0 aliphatic heterocycles. The van der Waals surface area contributed by atoms with Crippen molar-refractivity contribution < 1.29 is 20.4 Å². The molecule has 0 aliphatic carbocycles. The van der Waals surface area contributed by atoms with Gasteiger partial charge in [-0.3, -0.25) is 0 Å². The third kappa shape index (κ3) is 4.76. The maximum Gasteiger partial charge on any atom is 0.118 e. The zero-order chi connectivity index (χ0) is 27.1. The summed E-state index contributed by atoms with van der Waals surface area (Å²) in [6.45, 7) is 12.0. The van der Waals surface area contributed by atoms with Crippen LogP contribution in [0.5, 0.6) is 23.0 Å². The maximum absolute atomic E-state index is 10.3. The predicted octanol–water partition coefficient (Wildman–Crippen LogP) is 7.44. The lowest BCUT2D eigenvalue weighted by molar-refractivity contribution is 0.390. The second-order valence-electron chi connectivity index (χ2n) is 10.8. The summed E-state index contributed by atoms with van der Waals surface area (Å²) in [5.41, 5.74) is 6.31. The van der Waals surface area contributed by atoms with Crippen LogP contribution in [0.15, 0.2) is 72.8 Å². The van der Waals surface area contributed by atoms with Crippen molar-refractivity contribution in [2.24, 2.45) is 0 Å². The molecular formula is C33H36O4. The minimum Gasteiger partial charge on any atom is -0.508 e. The zero-order valence-corrected chi connectivity index (χ0v) is 22.4. The fourth-order valence-electron chi connectivity index (χ4n) is 5.44. The summed E-state index contributed by atoms with van der Waals surface area (Å²) in [6.07, 6.45) is 0.642. The van der Waals surface area contributed by atoms with E-state index in [1.807, 2.05) is 76.2 Å². The van der Waals surface area contributed by atoms with Crippen LogP contribution in [0, 0.1) is 27.7 Å². The van der Waals surface area contributed by atoms with Crippen LogP contribution in [0.2, 0.25) is 0 Å². The van der Waals surface area contributed by atoms with Gasteiger partial charge in [-0.2, -0.15) is 0 Å². The van der Waals surface area contributed by atoms with Gasteiger partial charge in [0.25, 0.3) is 0 Å². The van der Waals surface area contributed by atoms with Crippen molar-refractivity contribution in [1.82, 2.24) is 0 Å². The molecule has 0 aromatic heterocycles. The molecule has 0 radical (unpaired) electrons. The fourth-order valence-corrected chi connectivity index (χ4v) is 5.44. The van der Waals surface area contributed by atoms with Crippen molar-refractivity contribution in [2.45, 2.75) is 58.8 Å². The molecule has 4 heteroatoms. The summed E-state index contributed by atoms with van der Waals surface area (Å²) >= 11 is 0. The van der Waals surface area contributed by atoms with E-state index in [2.05, 4.69) is 13.8 Å². The molecule has 0 spiro atoms. The first-order valence-corrected chi connectivity index (χ1v) is 12.6. The fraction of sp³-hybridized carbons (Fsp3) is 0.273. The summed E-state index contributed by atoms with van der Waals surface area (Å²) in [4.78, 5) is 0. The van der Waals surface area contributed by atoms with Gasteiger partial charge in [-0.05, 0) is 103 Å². The van der Waals surface area contributed by atoms with Crippen LogP contribution in [-0.4, -0.2) is 20.4 Å². The maximum atomic E-state index is 10.3. The molecule has 0 saturated carbocycles. The Morgan fingerprint density at radius 3 is 0.838 bits per heavy atom. The van der Waals surface area contributed by atoms with E-state index in [0.717, 1.165) is 44.5 Å². The first-order valence-electron chi connectivity index (χ1n) is 12.6. The highest BCUT2D eigenvalue weighted by Crippen LogP contribution is 2.49. The van der Waals surface area contributed by atoms with Crippen LogP contribution in [0.3, 0.4) is 0 Å². The molecule has 4 rings (SSSR count). The molecule has 4 nitrogen and oxygen atoms in total. The lowest BCUT2D eigenvalue weighted by Crippen LogP contribution is -2.36. The van der Waals surface area contributed by atoms with Gasteiger partial charge in [0, 0.05) is 10.8 Å².